The van der Waals surface area contributed by atoms with Crippen molar-refractivity contribution in [2.24, 2.45) is 0 Å². The van der Waals surface area contributed by atoms with Crippen molar-refractivity contribution in [2.75, 3.05) is 26.0 Å². The average molecular weight is 432 g/mol. The van der Waals surface area contributed by atoms with Crippen LogP contribution in [0.3, 0.4) is 0 Å². The molecule has 3 rings (SSSR count). The number of carbonyl (C=O) groups excluding carboxylic acids is 2. The van der Waals surface area contributed by atoms with Gasteiger partial charge in [-0.1, -0.05) is 6.07 Å². The van der Waals surface area contributed by atoms with Crippen LogP contribution in [0, 0.1) is 4.77 Å². The van der Waals surface area contributed by atoms with Crippen LogP contribution in [-0.2, 0) is 16.1 Å². The maximum absolute atomic E-state index is 12.3. The lowest BCUT2D eigenvalue weighted by atomic mass is 10.3. The molecule has 0 radical (unpaired) electrons. The normalized spacial score (nSPS) is 10.6. The number of thiophene rings is 1. The van der Waals surface area contributed by atoms with E-state index in [4.69, 9.17) is 17.0 Å². The van der Waals surface area contributed by atoms with Gasteiger partial charge in [0.2, 0.25) is 5.91 Å². The van der Waals surface area contributed by atoms with E-state index in [9.17, 15) is 9.59 Å². The lowest BCUT2D eigenvalue weighted by Crippen LogP contribution is -2.27. The van der Waals surface area contributed by atoms with Gasteiger partial charge in [0, 0.05) is 32.7 Å². The van der Waals surface area contributed by atoms with Crippen molar-refractivity contribution in [3.8, 4) is 16.5 Å². The molecule has 0 bridgehead atoms. The van der Waals surface area contributed by atoms with Gasteiger partial charge in [-0.2, -0.15) is 5.10 Å². The Morgan fingerprint density at radius 3 is 2.69 bits per heavy atom. The molecule has 0 aliphatic carbocycles. The Bertz CT molecular complexity index is 1020. The van der Waals surface area contributed by atoms with E-state index in [1.54, 1.807) is 49.7 Å². The summed E-state index contributed by atoms with van der Waals surface area (Å²) in [5.74, 6) is 1.03. The third-order valence-corrected chi connectivity index (χ3v) is 5.24. The predicted octanol–water partition coefficient (Wildman–Crippen LogP) is 3.16. The van der Waals surface area contributed by atoms with Gasteiger partial charge in [0.25, 0.3) is 5.91 Å². The third-order valence-electron chi connectivity index (χ3n) is 4.06. The Kier molecular flexibility index (Phi) is 6.78. The second-order valence-corrected chi connectivity index (χ2v) is 7.72. The Morgan fingerprint density at radius 2 is 2.03 bits per heavy atom. The average Bonchev–Trinajstić information content (AvgIpc) is 3.35. The minimum absolute atomic E-state index is 0.0311. The summed E-state index contributed by atoms with van der Waals surface area (Å²) in [7, 11) is 3.34. The van der Waals surface area contributed by atoms with Crippen LogP contribution in [-0.4, -0.2) is 52.2 Å². The molecule has 2 heterocycles. The minimum Gasteiger partial charge on any atom is -0.484 e. The highest BCUT2D eigenvalue weighted by atomic mass is 32.1. The zero-order valence-corrected chi connectivity index (χ0v) is 17.7. The number of amides is 2. The van der Waals surface area contributed by atoms with Gasteiger partial charge in [-0.15, -0.1) is 11.3 Å². The number of H-pyrrole nitrogens is 1. The van der Waals surface area contributed by atoms with Crippen LogP contribution in [0.1, 0.15) is 6.42 Å². The lowest BCUT2D eigenvalue weighted by Gasteiger charge is -2.12. The number of aromatic amines is 1. The summed E-state index contributed by atoms with van der Waals surface area (Å²) >= 11 is 6.84. The highest BCUT2D eigenvalue weighted by molar-refractivity contribution is 7.71. The number of hydrogen-bond acceptors (Lipinski definition) is 6. The third kappa shape index (κ3) is 5.52. The molecule has 2 N–H and O–H groups in total. The maximum atomic E-state index is 12.3. The van der Waals surface area contributed by atoms with Gasteiger partial charge in [-0.25, -0.2) is 0 Å². The number of nitrogens with one attached hydrogen (secondary N) is 2. The first kappa shape index (κ1) is 20.7. The van der Waals surface area contributed by atoms with Crippen LogP contribution in [0.5, 0.6) is 5.75 Å². The predicted molar refractivity (Wildman–Crippen MR) is 115 cm³/mol. The Hall–Kier alpha value is -2.98. The number of rotatable bonds is 8. The highest BCUT2D eigenvalue weighted by Crippen LogP contribution is 2.23. The largest absolute Gasteiger partial charge is 0.484 e. The van der Waals surface area contributed by atoms with Gasteiger partial charge in [0.15, 0.2) is 17.2 Å². The van der Waals surface area contributed by atoms with Gasteiger partial charge in [0.1, 0.15) is 5.75 Å². The van der Waals surface area contributed by atoms with Crippen molar-refractivity contribution in [3.05, 3.63) is 46.5 Å². The van der Waals surface area contributed by atoms with Crippen molar-refractivity contribution in [1.82, 2.24) is 19.7 Å². The molecule has 10 heteroatoms. The van der Waals surface area contributed by atoms with Crippen LogP contribution >= 0.6 is 23.6 Å². The number of aromatic nitrogens is 3. The van der Waals surface area contributed by atoms with Gasteiger partial charge in [-0.05, 0) is 47.9 Å². The highest BCUT2D eigenvalue weighted by Gasteiger charge is 2.12. The summed E-state index contributed by atoms with van der Waals surface area (Å²) in [6.07, 6.45) is 0.252. The van der Waals surface area contributed by atoms with Crippen molar-refractivity contribution in [1.29, 1.82) is 0 Å². The summed E-state index contributed by atoms with van der Waals surface area (Å²) < 4.78 is 7.72. The molecule has 0 spiro atoms. The monoisotopic (exact) mass is 431 g/mol. The molecule has 0 saturated heterocycles. The molecule has 0 unspecified atom stereocenters. The number of carbonyl (C=O) groups is 2. The van der Waals surface area contributed by atoms with Crippen LogP contribution in [0.15, 0.2) is 41.8 Å². The standard InChI is InChI=1S/C19H21N5O3S2/c1-23(2)17(26)12-27-14-7-5-13(6-8-14)20-16(25)9-10-24-18(21-22-19(24)28)15-4-3-11-29-15/h3-8,11H,9-10,12H2,1-2H3,(H,20,25)(H,22,28). The Labute approximate surface area is 177 Å². The molecule has 1 aromatic carbocycles. The molecule has 8 nitrogen and oxygen atoms in total. The van der Waals surface area contributed by atoms with Crippen LogP contribution in [0.2, 0.25) is 0 Å². The molecule has 0 atom stereocenters. The summed E-state index contributed by atoms with van der Waals surface area (Å²) in [5.41, 5.74) is 0.649. The number of ether oxygens (including phenoxy) is 1. The molecule has 2 amide bonds. The second-order valence-electron chi connectivity index (χ2n) is 6.38. The molecular formula is C19H21N5O3S2. The molecule has 0 saturated carbocycles. The van der Waals surface area contributed by atoms with E-state index in [1.165, 1.54) is 4.90 Å². The van der Waals surface area contributed by atoms with Crippen molar-refractivity contribution in [3.63, 3.8) is 0 Å². The topological polar surface area (TPSA) is 92.2 Å². The van der Waals surface area contributed by atoms with E-state index >= 15 is 0 Å². The molecule has 0 aliphatic rings. The minimum atomic E-state index is -0.137. The SMILES string of the molecule is CN(C)C(=O)COc1ccc(NC(=O)CCn2c(-c3cccs3)n[nH]c2=S)cc1. The lowest BCUT2D eigenvalue weighted by molar-refractivity contribution is -0.130. The molecule has 2 aromatic heterocycles. The number of likely N-dealkylation sites (N-methyl/N-ethyl adjacent to an activating group) is 1. The van der Waals surface area contributed by atoms with Crippen LogP contribution in [0.4, 0.5) is 5.69 Å². The van der Waals surface area contributed by atoms with Gasteiger partial charge in [0.05, 0.1) is 4.88 Å². The maximum Gasteiger partial charge on any atom is 0.259 e. The van der Waals surface area contributed by atoms with Crippen LogP contribution < -0.4 is 10.1 Å². The van der Waals surface area contributed by atoms with Gasteiger partial charge >= 0.3 is 0 Å². The first-order chi connectivity index (χ1) is 13.9. The summed E-state index contributed by atoms with van der Waals surface area (Å²) in [6.45, 7) is 0.388. The number of benzene rings is 1. The fourth-order valence-electron chi connectivity index (χ4n) is 2.46. The summed E-state index contributed by atoms with van der Waals surface area (Å²) in [4.78, 5) is 26.3. The van der Waals surface area contributed by atoms with E-state index in [-0.39, 0.29) is 24.8 Å². The Morgan fingerprint density at radius 1 is 1.28 bits per heavy atom. The second kappa shape index (κ2) is 9.48. The molecule has 152 valence electrons. The van der Waals surface area contributed by atoms with Crippen molar-refractivity contribution >= 4 is 41.1 Å². The van der Waals surface area contributed by atoms with E-state index < -0.39 is 0 Å². The van der Waals surface area contributed by atoms with Crippen molar-refractivity contribution in [2.45, 2.75) is 13.0 Å². The summed E-state index contributed by atoms with van der Waals surface area (Å²) in [6, 6.07) is 10.8. The number of hydrogen-bond donors (Lipinski definition) is 2. The summed E-state index contributed by atoms with van der Waals surface area (Å²) in [5, 5.41) is 11.8. The van der Waals surface area contributed by atoms with E-state index in [0.29, 0.717) is 22.8 Å². The smallest absolute Gasteiger partial charge is 0.259 e. The first-order valence-electron chi connectivity index (χ1n) is 8.86. The fourth-order valence-corrected chi connectivity index (χ4v) is 3.41. The van der Waals surface area contributed by atoms with Crippen molar-refractivity contribution < 1.29 is 14.3 Å². The number of anilines is 1. The fraction of sp³-hybridized carbons (Fsp3) is 0.263. The number of nitrogens with zero attached hydrogens (tertiary/aromatic N) is 3. The molecular weight excluding hydrogens is 410 g/mol. The molecule has 0 fully saturated rings. The van der Waals surface area contributed by atoms with Crippen LogP contribution in [0.25, 0.3) is 10.7 Å². The van der Waals surface area contributed by atoms with Gasteiger partial charge < -0.3 is 15.0 Å². The van der Waals surface area contributed by atoms with E-state index in [2.05, 4.69) is 15.5 Å². The van der Waals surface area contributed by atoms with E-state index in [1.807, 2.05) is 22.1 Å². The van der Waals surface area contributed by atoms with E-state index in [0.717, 1.165) is 10.7 Å². The zero-order chi connectivity index (χ0) is 20.8. The first-order valence-corrected chi connectivity index (χ1v) is 10.1. The molecule has 29 heavy (non-hydrogen) atoms. The molecule has 0 aliphatic heterocycles. The quantitative estimate of drug-likeness (QED) is 0.535. The molecule has 3 aromatic rings. The van der Waals surface area contributed by atoms with Gasteiger partial charge in [-0.3, -0.25) is 19.3 Å². The Balaban J connectivity index is 1.53. The zero-order valence-electron chi connectivity index (χ0n) is 16.0.